The smallest absolute Gasteiger partial charge is 0.243 e. The predicted octanol–water partition coefficient (Wildman–Crippen LogP) is 2.37. The van der Waals surface area contributed by atoms with Gasteiger partial charge in [-0.2, -0.15) is 4.31 Å². The minimum absolute atomic E-state index is 0.112. The molecule has 1 saturated heterocycles. The Kier molecular flexibility index (Phi) is 6.13. The molecule has 2 N–H and O–H groups in total. The number of hydrogen-bond acceptors (Lipinski definition) is 5. The summed E-state index contributed by atoms with van der Waals surface area (Å²) >= 11 is 0. The molecule has 7 heteroatoms. The van der Waals surface area contributed by atoms with E-state index < -0.39 is 10.0 Å². The highest BCUT2D eigenvalue weighted by molar-refractivity contribution is 7.89. The number of fused-ring (bicyclic) bond motifs is 1. The maximum absolute atomic E-state index is 13.2. The quantitative estimate of drug-likeness (QED) is 0.748. The lowest BCUT2D eigenvalue weighted by atomic mass is 10.1. The number of nitrogens with zero attached hydrogens (tertiary/aromatic N) is 1. The van der Waals surface area contributed by atoms with Gasteiger partial charge in [0.15, 0.2) is 0 Å². The fourth-order valence-electron chi connectivity index (χ4n) is 3.36. The van der Waals surface area contributed by atoms with E-state index in [1.165, 1.54) is 0 Å². The lowest BCUT2D eigenvalue weighted by molar-refractivity contribution is 0.0209. The van der Waals surface area contributed by atoms with E-state index >= 15 is 0 Å². The highest BCUT2D eigenvalue weighted by atomic mass is 32.2. The van der Waals surface area contributed by atoms with E-state index in [4.69, 9.17) is 15.2 Å². The lowest BCUT2D eigenvalue weighted by Gasteiger charge is -2.31. The maximum atomic E-state index is 13.2. The summed E-state index contributed by atoms with van der Waals surface area (Å²) < 4.78 is 39.1. The van der Waals surface area contributed by atoms with Crippen LogP contribution in [0.2, 0.25) is 0 Å². The largest absolute Gasteiger partial charge is 0.496 e. The minimum atomic E-state index is -3.56. The average Bonchev–Trinajstić information content (AvgIpc) is 2.67. The van der Waals surface area contributed by atoms with Crippen molar-refractivity contribution in [3.05, 3.63) is 36.4 Å². The van der Waals surface area contributed by atoms with E-state index in [1.807, 2.05) is 24.3 Å². The first-order valence-electron chi connectivity index (χ1n) is 8.95. The Hall–Kier alpha value is -1.67. The molecule has 142 valence electrons. The predicted molar refractivity (Wildman–Crippen MR) is 102 cm³/mol. The van der Waals surface area contributed by atoms with Gasteiger partial charge in [0.05, 0.1) is 18.1 Å². The van der Waals surface area contributed by atoms with E-state index in [2.05, 4.69) is 0 Å². The fraction of sp³-hybridized carbons (Fsp3) is 0.474. The first-order valence-corrected chi connectivity index (χ1v) is 10.4. The standard InChI is InChI=1S/C19H26N2O4S/c1-24-18-7-8-19(17-6-3-2-5-16(17)18)26(22,23)21-12-9-15(10-13-21)25-14-4-11-20/h2-3,5-8,15H,4,9-14,20H2,1H3. The topological polar surface area (TPSA) is 81.9 Å². The number of rotatable bonds is 7. The molecule has 0 saturated carbocycles. The van der Waals surface area contributed by atoms with Crippen LogP contribution in [0.15, 0.2) is 41.3 Å². The first-order chi connectivity index (χ1) is 12.6. The van der Waals surface area contributed by atoms with Crippen molar-refractivity contribution < 1.29 is 17.9 Å². The second kappa shape index (κ2) is 8.35. The number of sulfonamides is 1. The van der Waals surface area contributed by atoms with Gasteiger partial charge in [0, 0.05) is 30.5 Å². The summed E-state index contributed by atoms with van der Waals surface area (Å²) in [6, 6.07) is 10.8. The van der Waals surface area contributed by atoms with Gasteiger partial charge in [-0.1, -0.05) is 24.3 Å². The van der Waals surface area contributed by atoms with Gasteiger partial charge in [0.25, 0.3) is 0 Å². The molecular formula is C19H26N2O4S. The molecule has 1 aliphatic rings. The Morgan fingerprint density at radius 3 is 2.46 bits per heavy atom. The molecule has 0 radical (unpaired) electrons. The molecule has 1 fully saturated rings. The summed E-state index contributed by atoms with van der Waals surface area (Å²) in [5.74, 6) is 0.673. The number of nitrogens with two attached hydrogens (primary N) is 1. The molecule has 0 aromatic heterocycles. The van der Waals surface area contributed by atoms with E-state index in [9.17, 15) is 8.42 Å². The molecule has 26 heavy (non-hydrogen) atoms. The first kappa shape index (κ1) is 19.1. The van der Waals surface area contributed by atoms with E-state index in [-0.39, 0.29) is 6.10 Å². The van der Waals surface area contributed by atoms with Crippen LogP contribution in [0.5, 0.6) is 5.75 Å². The number of piperidine rings is 1. The molecule has 3 rings (SSSR count). The van der Waals surface area contributed by atoms with Gasteiger partial charge in [0.1, 0.15) is 5.75 Å². The Morgan fingerprint density at radius 2 is 1.81 bits per heavy atom. The summed E-state index contributed by atoms with van der Waals surface area (Å²) in [6.45, 7) is 2.18. The number of ether oxygens (including phenoxy) is 2. The third-order valence-corrected chi connectivity index (χ3v) is 6.74. The van der Waals surface area contributed by atoms with Crippen LogP contribution < -0.4 is 10.5 Å². The van der Waals surface area contributed by atoms with Crippen molar-refractivity contribution in [1.82, 2.24) is 4.31 Å². The third kappa shape index (κ3) is 3.86. The van der Waals surface area contributed by atoms with E-state index in [0.29, 0.717) is 55.1 Å². The molecule has 0 unspecified atom stereocenters. The molecule has 2 aromatic rings. The molecule has 0 aliphatic carbocycles. The van der Waals surface area contributed by atoms with Crippen molar-refractivity contribution in [2.24, 2.45) is 5.73 Å². The number of hydrogen-bond donors (Lipinski definition) is 1. The minimum Gasteiger partial charge on any atom is -0.496 e. The van der Waals surface area contributed by atoms with Crippen LogP contribution in [0.3, 0.4) is 0 Å². The maximum Gasteiger partial charge on any atom is 0.243 e. The molecule has 1 aliphatic heterocycles. The van der Waals surface area contributed by atoms with Gasteiger partial charge in [-0.05, 0) is 37.9 Å². The van der Waals surface area contributed by atoms with Gasteiger partial charge >= 0.3 is 0 Å². The van der Waals surface area contributed by atoms with Crippen LogP contribution in [0.4, 0.5) is 0 Å². The Balaban J connectivity index is 1.81. The van der Waals surface area contributed by atoms with Crippen LogP contribution >= 0.6 is 0 Å². The van der Waals surface area contributed by atoms with E-state index in [1.54, 1.807) is 23.5 Å². The molecular weight excluding hydrogens is 352 g/mol. The summed E-state index contributed by atoms with van der Waals surface area (Å²) in [5, 5.41) is 1.49. The zero-order valence-corrected chi connectivity index (χ0v) is 15.9. The van der Waals surface area contributed by atoms with Crippen LogP contribution in [-0.4, -0.2) is 52.2 Å². The summed E-state index contributed by atoms with van der Waals surface area (Å²) in [6.07, 6.45) is 2.35. The van der Waals surface area contributed by atoms with E-state index in [0.717, 1.165) is 11.8 Å². The van der Waals surface area contributed by atoms with Crippen LogP contribution in [0.1, 0.15) is 19.3 Å². The molecule has 0 spiro atoms. The van der Waals surface area contributed by atoms with Crippen molar-refractivity contribution in [2.75, 3.05) is 33.4 Å². The molecule has 0 amide bonds. The normalized spacial score (nSPS) is 16.8. The van der Waals surface area contributed by atoms with Crippen LogP contribution in [-0.2, 0) is 14.8 Å². The SMILES string of the molecule is COc1ccc(S(=O)(=O)N2CCC(OCCCN)CC2)c2ccccc12. The zero-order valence-electron chi connectivity index (χ0n) is 15.1. The second-order valence-electron chi connectivity index (χ2n) is 6.43. The highest BCUT2D eigenvalue weighted by Gasteiger charge is 2.31. The van der Waals surface area contributed by atoms with Gasteiger partial charge in [-0.25, -0.2) is 8.42 Å². The van der Waals surface area contributed by atoms with Crippen LogP contribution in [0, 0.1) is 0 Å². The molecule has 1 heterocycles. The van der Waals surface area contributed by atoms with Gasteiger partial charge in [-0.15, -0.1) is 0 Å². The monoisotopic (exact) mass is 378 g/mol. The van der Waals surface area contributed by atoms with Crippen molar-refractivity contribution in [3.63, 3.8) is 0 Å². The summed E-state index contributed by atoms with van der Waals surface area (Å²) in [4.78, 5) is 0.330. The van der Waals surface area contributed by atoms with Crippen LogP contribution in [0.25, 0.3) is 10.8 Å². The van der Waals surface area contributed by atoms with Crippen molar-refractivity contribution >= 4 is 20.8 Å². The van der Waals surface area contributed by atoms with Gasteiger partial charge < -0.3 is 15.2 Å². The molecule has 2 aromatic carbocycles. The summed E-state index contributed by atoms with van der Waals surface area (Å²) in [5.41, 5.74) is 5.48. The van der Waals surface area contributed by atoms with Gasteiger partial charge in [-0.3, -0.25) is 0 Å². The second-order valence-corrected chi connectivity index (χ2v) is 8.33. The lowest BCUT2D eigenvalue weighted by Crippen LogP contribution is -2.41. The summed E-state index contributed by atoms with van der Waals surface area (Å²) in [7, 11) is -1.97. The molecule has 0 atom stereocenters. The average molecular weight is 378 g/mol. The van der Waals surface area contributed by atoms with Gasteiger partial charge in [0.2, 0.25) is 10.0 Å². The Morgan fingerprint density at radius 1 is 1.12 bits per heavy atom. The Bertz CT molecular complexity index is 846. The van der Waals surface area contributed by atoms with Crippen molar-refractivity contribution in [3.8, 4) is 5.75 Å². The van der Waals surface area contributed by atoms with Crippen molar-refractivity contribution in [1.29, 1.82) is 0 Å². The Labute approximate surface area is 154 Å². The zero-order chi connectivity index (χ0) is 18.6. The molecule has 0 bridgehead atoms. The third-order valence-electron chi connectivity index (χ3n) is 4.78. The van der Waals surface area contributed by atoms with Crippen molar-refractivity contribution in [2.45, 2.75) is 30.3 Å². The number of methoxy groups -OCH3 is 1. The highest BCUT2D eigenvalue weighted by Crippen LogP contribution is 2.33. The molecule has 6 nitrogen and oxygen atoms in total. The number of benzene rings is 2. The fourth-order valence-corrected chi connectivity index (χ4v) is 5.02.